The van der Waals surface area contributed by atoms with Crippen molar-refractivity contribution in [3.63, 3.8) is 0 Å². The van der Waals surface area contributed by atoms with Crippen molar-refractivity contribution in [1.29, 1.82) is 0 Å². The molecule has 5 heterocycles. The number of hydrogen-bond donors (Lipinski definition) is 2. The number of pyridine rings is 3. The van der Waals surface area contributed by atoms with Crippen molar-refractivity contribution < 1.29 is 27.4 Å². The van der Waals surface area contributed by atoms with Crippen LogP contribution >= 0.6 is 12.4 Å². The maximum atomic E-state index is 12.5. The summed E-state index contributed by atoms with van der Waals surface area (Å²) in [5, 5.41) is 5.92. The standard InChI is InChI=1S/C27H31N5O6S.ClH/c1-16(33)29-23-13-21(19(14-28-23)20-5-6-22-26(31-20)37-15-27(2,3)38-22)30-24-11-18(17-7-9-36-10-8-17)12-25(32-24)39(4,34)35;/h5-6,11-14,17H,7-10,15H2,1-4H3,(H2,28,29,30,32,33);1H. The van der Waals surface area contributed by atoms with Crippen LogP contribution in [0.25, 0.3) is 11.3 Å². The molecule has 1 amide bonds. The zero-order valence-electron chi connectivity index (χ0n) is 22.7. The van der Waals surface area contributed by atoms with E-state index in [2.05, 4.69) is 25.6 Å². The van der Waals surface area contributed by atoms with Crippen molar-refractivity contribution in [3.05, 3.63) is 42.1 Å². The Hall–Kier alpha value is -3.48. The second-order valence-electron chi connectivity index (χ2n) is 10.4. The Labute approximate surface area is 239 Å². The number of aromatic nitrogens is 3. The lowest BCUT2D eigenvalue weighted by Crippen LogP contribution is -2.39. The third-order valence-corrected chi connectivity index (χ3v) is 7.38. The molecule has 0 aromatic carbocycles. The summed E-state index contributed by atoms with van der Waals surface area (Å²) in [5.74, 6) is 1.44. The largest absolute Gasteiger partial charge is 0.479 e. The molecule has 0 unspecified atom stereocenters. The van der Waals surface area contributed by atoms with Gasteiger partial charge in [0.15, 0.2) is 20.6 Å². The third kappa shape index (κ3) is 6.80. The number of nitrogens with zero attached hydrogens (tertiary/aromatic N) is 3. The first kappa shape index (κ1) is 29.5. The van der Waals surface area contributed by atoms with E-state index in [0.717, 1.165) is 24.7 Å². The van der Waals surface area contributed by atoms with Gasteiger partial charge in [-0.1, -0.05) is 0 Å². The van der Waals surface area contributed by atoms with Gasteiger partial charge in [-0.2, -0.15) is 0 Å². The molecule has 3 aromatic rings. The van der Waals surface area contributed by atoms with Crippen molar-refractivity contribution in [1.82, 2.24) is 15.0 Å². The molecular formula is C27H32ClN5O6S. The second kappa shape index (κ2) is 11.6. The average Bonchev–Trinajstić information content (AvgIpc) is 2.88. The van der Waals surface area contributed by atoms with Crippen molar-refractivity contribution in [2.24, 2.45) is 0 Å². The van der Waals surface area contributed by atoms with Gasteiger partial charge >= 0.3 is 0 Å². The topological polar surface area (TPSA) is 142 Å². The van der Waals surface area contributed by atoms with E-state index in [0.29, 0.717) is 60.0 Å². The Morgan fingerprint density at radius 2 is 1.82 bits per heavy atom. The Bertz CT molecular complexity index is 1530. The number of halogens is 1. The minimum absolute atomic E-state index is 0. The predicted molar refractivity (Wildman–Crippen MR) is 153 cm³/mol. The highest BCUT2D eigenvalue weighted by Gasteiger charge is 2.29. The van der Waals surface area contributed by atoms with Gasteiger partial charge in [-0.15, -0.1) is 12.4 Å². The molecule has 0 spiro atoms. The van der Waals surface area contributed by atoms with Gasteiger partial charge in [0.05, 0.1) is 11.4 Å². The molecule has 1 fully saturated rings. The summed E-state index contributed by atoms with van der Waals surface area (Å²) in [6.45, 7) is 6.84. The van der Waals surface area contributed by atoms with Crippen LogP contribution < -0.4 is 20.1 Å². The number of nitrogens with one attached hydrogen (secondary N) is 2. The predicted octanol–water partition coefficient (Wildman–Crippen LogP) is 4.51. The number of carbonyl (C=O) groups is 1. The number of hydrogen-bond acceptors (Lipinski definition) is 10. The van der Waals surface area contributed by atoms with E-state index in [1.54, 1.807) is 30.5 Å². The molecular weight excluding hydrogens is 558 g/mol. The number of rotatable bonds is 6. The highest BCUT2D eigenvalue weighted by atomic mass is 35.5. The molecule has 0 aliphatic carbocycles. The highest BCUT2D eigenvalue weighted by molar-refractivity contribution is 7.90. The lowest BCUT2D eigenvalue weighted by molar-refractivity contribution is -0.114. The van der Waals surface area contributed by atoms with Crippen LogP contribution in [-0.4, -0.2) is 61.0 Å². The van der Waals surface area contributed by atoms with Crippen LogP contribution in [0.15, 0.2) is 41.6 Å². The molecule has 0 atom stereocenters. The van der Waals surface area contributed by atoms with Gasteiger partial charge in [0.25, 0.3) is 5.88 Å². The zero-order chi connectivity index (χ0) is 27.8. The monoisotopic (exact) mass is 589 g/mol. The molecule has 0 radical (unpaired) electrons. The van der Waals surface area contributed by atoms with Gasteiger partial charge in [-0.3, -0.25) is 4.79 Å². The molecule has 2 aliphatic rings. The number of carbonyl (C=O) groups excluding carboxylic acids is 1. The van der Waals surface area contributed by atoms with Crippen LogP contribution in [0.5, 0.6) is 11.6 Å². The van der Waals surface area contributed by atoms with Crippen molar-refractivity contribution in [2.45, 2.75) is 50.2 Å². The minimum Gasteiger partial charge on any atom is -0.479 e. The Balaban J connectivity index is 0.00000370. The summed E-state index contributed by atoms with van der Waals surface area (Å²) in [6.07, 6.45) is 4.30. The second-order valence-corrected chi connectivity index (χ2v) is 12.3. The summed E-state index contributed by atoms with van der Waals surface area (Å²) in [7, 11) is -3.58. The molecule has 0 bridgehead atoms. The summed E-state index contributed by atoms with van der Waals surface area (Å²) >= 11 is 0. The fraction of sp³-hybridized carbons (Fsp3) is 0.407. The maximum Gasteiger partial charge on any atom is 0.257 e. The highest BCUT2D eigenvalue weighted by Crippen LogP contribution is 2.38. The lowest BCUT2D eigenvalue weighted by atomic mass is 9.92. The van der Waals surface area contributed by atoms with Gasteiger partial charge in [0.2, 0.25) is 5.91 Å². The first-order valence-corrected chi connectivity index (χ1v) is 14.5. The third-order valence-electron chi connectivity index (χ3n) is 6.41. The van der Waals surface area contributed by atoms with Crippen LogP contribution in [0.3, 0.4) is 0 Å². The van der Waals surface area contributed by atoms with Crippen molar-refractivity contribution >= 4 is 45.5 Å². The average molecular weight is 590 g/mol. The first-order chi connectivity index (χ1) is 18.5. The van der Waals surface area contributed by atoms with E-state index >= 15 is 0 Å². The van der Waals surface area contributed by atoms with Gasteiger partial charge in [0.1, 0.15) is 23.8 Å². The molecule has 0 saturated carbocycles. The van der Waals surface area contributed by atoms with E-state index in [4.69, 9.17) is 14.2 Å². The van der Waals surface area contributed by atoms with E-state index < -0.39 is 15.4 Å². The molecule has 1 saturated heterocycles. The SMILES string of the molecule is CC(=O)Nc1cc(Nc2cc(C3CCOCC3)cc(S(C)(=O)=O)n2)c(-c2ccc3c(n2)OCC(C)(C)O3)cn1.Cl. The number of sulfone groups is 1. The molecule has 11 nitrogen and oxygen atoms in total. The fourth-order valence-corrected chi connectivity index (χ4v) is 5.14. The lowest BCUT2D eigenvalue weighted by Gasteiger charge is -2.31. The first-order valence-electron chi connectivity index (χ1n) is 12.6. The van der Waals surface area contributed by atoms with Crippen LogP contribution in [-0.2, 0) is 19.4 Å². The van der Waals surface area contributed by atoms with E-state index in [-0.39, 0.29) is 29.3 Å². The summed E-state index contributed by atoms with van der Waals surface area (Å²) in [4.78, 5) is 25.1. The number of fused-ring (bicyclic) bond motifs is 1. The summed E-state index contributed by atoms with van der Waals surface area (Å²) in [5.41, 5.74) is 2.07. The van der Waals surface area contributed by atoms with E-state index in [1.807, 2.05) is 19.9 Å². The zero-order valence-corrected chi connectivity index (χ0v) is 24.3. The van der Waals surface area contributed by atoms with Crippen molar-refractivity contribution in [3.8, 4) is 22.9 Å². The maximum absolute atomic E-state index is 12.5. The molecule has 5 rings (SSSR count). The summed E-state index contributed by atoms with van der Waals surface area (Å²) < 4.78 is 42.3. The van der Waals surface area contributed by atoms with Gasteiger partial charge in [-0.05, 0) is 62.4 Å². The van der Waals surface area contributed by atoms with Crippen LogP contribution in [0.1, 0.15) is 45.1 Å². The Kier molecular flexibility index (Phi) is 8.52. The van der Waals surface area contributed by atoms with E-state index in [1.165, 1.54) is 6.92 Å². The fourth-order valence-electron chi connectivity index (χ4n) is 4.52. The molecule has 3 aromatic heterocycles. The Morgan fingerprint density at radius 3 is 2.52 bits per heavy atom. The van der Waals surface area contributed by atoms with Crippen LogP contribution in [0.2, 0.25) is 0 Å². The van der Waals surface area contributed by atoms with Gasteiger partial charge in [0, 0.05) is 44.2 Å². The number of ether oxygens (including phenoxy) is 3. The van der Waals surface area contributed by atoms with Crippen molar-refractivity contribution in [2.75, 3.05) is 36.7 Å². The summed E-state index contributed by atoms with van der Waals surface area (Å²) in [6, 6.07) is 8.72. The molecule has 2 aliphatic heterocycles. The molecule has 40 heavy (non-hydrogen) atoms. The number of anilines is 3. The van der Waals surface area contributed by atoms with Gasteiger partial charge < -0.3 is 24.8 Å². The van der Waals surface area contributed by atoms with E-state index in [9.17, 15) is 13.2 Å². The van der Waals surface area contributed by atoms with Crippen LogP contribution in [0.4, 0.5) is 17.3 Å². The smallest absolute Gasteiger partial charge is 0.257 e. The van der Waals surface area contributed by atoms with Crippen LogP contribution in [0, 0.1) is 0 Å². The molecule has 13 heteroatoms. The molecule has 2 N–H and O–H groups in total. The van der Waals surface area contributed by atoms with Gasteiger partial charge in [-0.25, -0.2) is 23.4 Å². The quantitative estimate of drug-likeness (QED) is 0.422. The normalized spacial score (nSPS) is 16.5. The number of amides is 1. The minimum atomic E-state index is -3.58. The Morgan fingerprint density at radius 1 is 1.07 bits per heavy atom. The molecule has 214 valence electrons.